The molecule has 1 N–H and O–H groups in total. The zero-order chi connectivity index (χ0) is 17.7. The Morgan fingerprint density at radius 1 is 1.00 bits per heavy atom. The highest BCUT2D eigenvalue weighted by Gasteiger charge is 2.21. The number of Topliss-reactive ketones (excluding diaryl/α,β-unsaturated/α-hetero) is 1. The summed E-state index contributed by atoms with van der Waals surface area (Å²) in [6, 6.07) is 14.9. The molecule has 0 bridgehead atoms. The van der Waals surface area contributed by atoms with Gasteiger partial charge in [-0.2, -0.15) is 0 Å². The summed E-state index contributed by atoms with van der Waals surface area (Å²) in [7, 11) is 0. The van der Waals surface area contributed by atoms with Gasteiger partial charge in [0.1, 0.15) is 0 Å². The first-order chi connectivity index (χ1) is 11.3. The fourth-order valence-corrected chi connectivity index (χ4v) is 2.88. The van der Waals surface area contributed by atoms with E-state index in [9.17, 15) is 9.59 Å². The van der Waals surface area contributed by atoms with Crippen molar-refractivity contribution in [3.8, 4) is 0 Å². The quantitative estimate of drug-likeness (QED) is 0.534. The van der Waals surface area contributed by atoms with Crippen LogP contribution in [0.1, 0.15) is 31.1 Å². The molecule has 5 heteroatoms. The molecule has 126 valence electrons. The first kappa shape index (κ1) is 18.7. The van der Waals surface area contributed by atoms with Crippen molar-refractivity contribution in [2.45, 2.75) is 25.7 Å². The van der Waals surface area contributed by atoms with E-state index in [0.717, 1.165) is 9.37 Å². The van der Waals surface area contributed by atoms with Crippen LogP contribution >= 0.6 is 27.7 Å². The highest BCUT2D eigenvalue weighted by Crippen LogP contribution is 2.22. The van der Waals surface area contributed by atoms with Crippen LogP contribution < -0.4 is 5.32 Å². The van der Waals surface area contributed by atoms with Gasteiger partial charge in [-0.05, 0) is 48.5 Å². The van der Waals surface area contributed by atoms with Gasteiger partial charge in [0.2, 0.25) is 5.91 Å². The molecular formula is C19H20BrNO2S. The number of hydrogen-bond acceptors (Lipinski definition) is 3. The molecule has 1 amide bonds. The lowest BCUT2D eigenvalue weighted by Crippen LogP contribution is -2.27. The Morgan fingerprint density at radius 2 is 1.58 bits per heavy atom. The number of carbonyl (C=O) groups excluding carboxylic acids is 2. The predicted octanol–water partition coefficient (Wildman–Crippen LogP) is 5.41. The minimum atomic E-state index is -0.449. The predicted molar refractivity (Wildman–Crippen MR) is 104 cm³/mol. The lowest BCUT2D eigenvalue weighted by Gasteiger charge is -2.17. The zero-order valence-corrected chi connectivity index (χ0v) is 16.3. The van der Waals surface area contributed by atoms with Crippen LogP contribution in [-0.2, 0) is 4.79 Å². The molecule has 2 aromatic rings. The Bertz CT molecular complexity index is 719. The Balaban J connectivity index is 1.93. The Hall–Kier alpha value is -1.59. The first-order valence-corrected chi connectivity index (χ1v) is 9.36. The third-order valence-corrected chi connectivity index (χ3v) is 4.87. The van der Waals surface area contributed by atoms with E-state index in [-0.39, 0.29) is 11.7 Å². The maximum atomic E-state index is 12.3. The average molecular weight is 406 g/mol. The summed E-state index contributed by atoms with van der Waals surface area (Å²) in [6.07, 6.45) is 0. The molecule has 0 saturated heterocycles. The molecule has 0 atom stereocenters. The number of carbonyl (C=O) groups is 2. The van der Waals surface area contributed by atoms with Gasteiger partial charge in [0.05, 0.1) is 5.75 Å². The molecule has 2 aromatic carbocycles. The molecule has 0 aliphatic heterocycles. The average Bonchev–Trinajstić information content (AvgIpc) is 2.54. The Labute approximate surface area is 155 Å². The third kappa shape index (κ3) is 5.49. The summed E-state index contributed by atoms with van der Waals surface area (Å²) >= 11 is 4.90. The van der Waals surface area contributed by atoms with Gasteiger partial charge in [-0.1, -0.05) is 36.7 Å². The molecule has 0 aromatic heterocycles. The van der Waals surface area contributed by atoms with Gasteiger partial charge < -0.3 is 5.32 Å². The molecule has 0 fully saturated rings. The molecule has 2 rings (SSSR count). The summed E-state index contributed by atoms with van der Waals surface area (Å²) < 4.78 is 1.02. The van der Waals surface area contributed by atoms with E-state index >= 15 is 0 Å². The number of hydrogen-bond donors (Lipinski definition) is 1. The van der Waals surface area contributed by atoms with Crippen molar-refractivity contribution in [2.75, 3.05) is 11.1 Å². The summed E-state index contributed by atoms with van der Waals surface area (Å²) in [5, 5.41) is 2.85. The van der Waals surface area contributed by atoms with Crippen LogP contribution in [0.3, 0.4) is 0 Å². The Kier molecular flexibility index (Phi) is 6.24. The monoisotopic (exact) mass is 405 g/mol. The van der Waals surface area contributed by atoms with E-state index in [4.69, 9.17) is 0 Å². The van der Waals surface area contributed by atoms with Gasteiger partial charge in [0, 0.05) is 26.0 Å². The van der Waals surface area contributed by atoms with E-state index in [2.05, 4.69) is 21.2 Å². The first-order valence-electron chi connectivity index (χ1n) is 7.59. The highest BCUT2D eigenvalue weighted by molar-refractivity contribution is 9.10. The van der Waals surface area contributed by atoms with Crippen molar-refractivity contribution in [1.29, 1.82) is 0 Å². The second-order valence-electron chi connectivity index (χ2n) is 6.45. The molecule has 3 nitrogen and oxygen atoms in total. The van der Waals surface area contributed by atoms with E-state index in [1.54, 1.807) is 24.3 Å². The van der Waals surface area contributed by atoms with Crippen LogP contribution in [0.2, 0.25) is 0 Å². The van der Waals surface area contributed by atoms with Crippen molar-refractivity contribution in [1.82, 2.24) is 0 Å². The second kappa shape index (κ2) is 7.99. The lowest BCUT2D eigenvalue weighted by atomic mass is 9.95. The number of anilines is 1. The molecular weight excluding hydrogens is 386 g/mol. The molecule has 0 aliphatic carbocycles. The van der Waals surface area contributed by atoms with E-state index in [0.29, 0.717) is 17.0 Å². The van der Waals surface area contributed by atoms with Crippen molar-refractivity contribution >= 4 is 45.1 Å². The molecule has 0 heterocycles. The van der Waals surface area contributed by atoms with Gasteiger partial charge >= 0.3 is 0 Å². The fraction of sp³-hybridized carbons (Fsp3) is 0.263. The van der Waals surface area contributed by atoms with Crippen LogP contribution in [0.15, 0.2) is 57.9 Å². The minimum absolute atomic E-state index is 0.0487. The van der Waals surface area contributed by atoms with Crippen molar-refractivity contribution in [2.24, 2.45) is 5.41 Å². The van der Waals surface area contributed by atoms with Gasteiger partial charge in [-0.3, -0.25) is 9.59 Å². The maximum absolute atomic E-state index is 12.3. The SMILES string of the molecule is CC(C)(C)C(=O)Nc1ccc(C(=O)CSc2ccc(Br)cc2)cc1. The smallest absolute Gasteiger partial charge is 0.229 e. The molecule has 0 unspecified atom stereocenters. The molecule has 0 spiro atoms. The number of thioether (sulfide) groups is 1. The summed E-state index contributed by atoms with van der Waals surface area (Å²) in [5.41, 5.74) is 0.899. The van der Waals surface area contributed by atoms with Gasteiger partial charge in [-0.25, -0.2) is 0 Å². The van der Waals surface area contributed by atoms with E-state index < -0.39 is 5.41 Å². The number of rotatable bonds is 5. The zero-order valence-electron chi connectivity index (χ0n) is 13.9. The number of benzene rings is 2. The van der Waals surface area contributed by atoms with E-state index in [1.165, 1.54) is 11.8 Å². The van der Waals surface area contributed by atoms with Crippen molar-refractivity contribution in [3.05, 3.63) is 58.6 Å². The molecule has 0 aliphatic rings. The number of amides is 1. The standard InChI is InChI=1S/C19H20BrNO2S/c1-19(2,3)18(23)21-15-8-4-13(5-9-15)17(22)12-24-16-10-6-14(20)7-11-16/h4-11H,12H2,1-3H3,(H,21,23). The van der Waals surface area contributed by atoms with E-state index in [1.807, 2.05) is 45.0 Å². The maximum Gasteiger partial charge on any atom is 0.229 e. The second-order valence-corrected chi connectivity index (χ2v) is 8.41. The van der Waals surface area contributed by atoms with Crippen LogP contribution in [0.5, 0.6) is 0 Å². The molecule has 0 saturated carbocycles. The molecule has 24 heavy (non-hydrogen) atoms. The Morgan fingerprint density at radius 3 is 2.12 bits per heavy atom. The molecule has 0 radical (unpaired) electrons. The third-order valence-electron chi connectivity index (χ3n) is 3.33. The number of halogens is 1. The normalized spacial score (nSPS) is 11.2. The summed E-state index contributed by atoms with van der Waals surface area (Å²) in [4.78, 5) is 25.3. The van der Waals surface area contributed by atoms with Gasteiger partial charge in [-0.15, -0.1) is 11.8 Å². The van der Waals surface area contributed by atoms with Gasteiger partial charge in [0.25, 0.3) is 0 Å². The number of nitrogens with one attached hydrogen (secondary N) is 1. The van der Waals surface area contributed by atoms with Crippen LogP contribution in [0, 0.1) is 5.41 Å². The van der Waals surface area contributed by atoms with Crippen LogP contribution in [0.4, 0.5) is 5.69 Å². The fourth-order valence-electron chi connectivity index (χ4n) is 1.82. The van der Waals surface area contributed by atoms with Gasteiger partial charge in [0.15, 0.2) is 5.78 Å². The largest absolute Gasteiger partial charge is 0.326 e. The summed E-state index contributed by atoms with van der Waals surface area (Å²) in [5.74, 6) is 0.402. The van der Waals surface area contributed by atoms with Crippen LogP contribution in [-0.4, -0.2) is 17.4 Å². The number of ketones is 1. The topological polar surface area (TPSA) is 46.2 Å². The minimum Gasteiger partial charge on any atom is -0.326 e. The van der Waals surface area contributed by atoms with Crippen molar-refractivity contribution in [3.63, 3.8) is 0 Å². The highest BCUT2D eigenvalue weighted by atomic mass is 79.9. The van der Waals surface area contributed by atoms with Crippen LogP contribution in [0.25, 0.3) is 0 Å². The lowest BCUT2D eigenvalue weighted by molar-refractivity contribution is -0.123. The van der Waals surface area contributed by atoms with Crippen molar-refractivity contribution < 1.29 is 9.59 Å². The summed E-state index contributed by atoms with van der Waals surface area (Å²) in [6.45, 7) is 5.58.